The third-order valence-corrected chi connectivity index (χ3v) is 4.92. The van der Waals surface area contributed by atoms with Gasteiger partial charge >= 0.3 is 0 Å². The Bertz CT molecular complexity index is 953. The molecule has 0 bridgehead atoms. The molecule has 1 aliphatic rings. The molecule has 3 aromatic rings. The highest BCUT2D eigenvalue weighted by Gasteiger charge is 2.22. The lowest BCUT2D eigenvalue weighted by Crippen LogP contribution is -2.34. The molecule has 146 valence electrons. The van der Waals surface area contributed by atoms with Crippen molar-refractivity contribution >= 4 is 5.91 Å². The molecule has 1 aliphatic heterocycles. The molecule has 28 heavy (non-hydrogen) atoms. The number of carbonyl (C=O) groups is 1. The molecule has 0 saturated carbocycles. The van der Waals surface area contributed by atoms with Crippen LogP contribution >= 0.6 is 0 Å². The highest BCUT2D eigenvalue weighted by molar-refractivity contribution is 5.94. The number of fused-ring (bicyclic) bond motifs is 1. The van der Waals surface area contributed by atoms with Crippen LogP contribution in [0.15, 0.2) is 47.3 Å². The molecule has 4 rings (SSSR count). The Morgan fingerprint density at radius 2 is 2.14 bits per heavy atom. The highest BCUT2D eigenvalue weighted by Crippen LogP contribution is 2.16. The van der Waals surface area contributed by atoms with Crippen LogP contribution in [0.1, 0.15) is 27.6 Å². The van der Waals surface area contributed by atoms with Gasteiger partial charge < -0.3 is 13.9 Å². The third-order valence-electron chi connectivity index (χ3n) is 4.92. The summed E-state index contributed by atoms with van der Waals surface area (Å²) in [6.07, 6.45) is 5.57. The number of amides is 1. The number of rotatable bonds is 5. The number of halogens is 1. The Morgan fingerprint density at radius 1 is 1.25 bits per heavy atom. The third kappa shape index (κ3) is 3.96. The normalized spacial score (nSPS) is 14.2. The van der Waals surface area contributed by atoms with Crippen molar-refractivity contribution in [2.24, 2.45) is 0 Å². The molecule has 0 atom stereocenters. The van der Waals surface area contributed by atoms with Gasteiger partial charge in [0.25, 0.3) is 5.91 Å². The lowest BCUT2D eigenvalue weighted by molar-refractivity contribution is 0.0758. The number of furan rings is 1. The van der Waals surface area contributed by atoms with E-state index in [0.29, 0.717) is 38.2 Å². The van der Waals surface area contributed by atoms with Gasteiger partial charge in [-0.25, -0.2) is 9.97 Å². The molecule has 0 radical (unpaired) electrons. The van der Waals surface area contributed by atoms with Crippen LogP contribution in [0.4, 0.5) is 4.39 Å². The molecule has 0 fully saturated rings. The van der Waals surface area contributed by atoms with Gasteiger partial charge in [-0.05, 0) is 25.2 Å². The van der Waals surface area contributed by atoms with E-state index >= 15 is 0 Å². The SMILES string of the molecule is CN(Cc1ccco1)Cc1cnc2n1CCN(C(=O)c1ccnc(F)c1)CC2. The molecule has 0 aliphatic carbocycles. The Balaban J connectivity index is 1.42. The van der Waals surface area contributed by atoms with Crippen LogP contribution in [-0.4, -0.2) is 50.4 Å². The predicted octanol–water partition coefficient (Wildman–Crippen LogP) is 2.34. The van der Waals surface area contributed by atoms with E-state index in [0.717, 1.165) is 23.8 Å². The van der Waals surface area contributed by atoms with Crippen LogP contribution < -0.4 is 0 Å². The number of hydrogen-bond acceptors (Lipinski definition) is 5. The summed E-state index contributed by atoms with van der Waals surface area (Å²) in [5.41, 5.74) is 1.43. The van der Waals surface area contributed by atoms with E-state index in [4.69, 9.17) is 4.42 Å². The summed E-state index contributed by atoms with van der Waals surface area (Å²) >= 11 is 0. The quantitative estimate of drug-likeness (QED) is 0.633. The zero-order valence-electron chi connectivity index (χ0n) is 15.7. The maximum atomic E-state index is 13.3. The molecule has 0 spiro atoms. The maximum Gasteiger partial charge on any atom is 0.254 e. The second kappa shape index (κ2) is 7.93. The molecular weight excluding hydrogens is 361 g/mol. The molecular formula is C20H22FN5O2. The van der Waals surface area contributed by atoms with E-state index in [1.165, 1.54) is 12.3 Å². The number of carbonyl (C=O) groups excluding carboxylic acids is 1. The van der Waals surface area contributed by atoms with Gasteiger partial charge in [0.05, 0.1) is 18.5 Å². The van der Waals surface area contributed by atoms with Crippen molar-refractivity contribution in [3.63, 3.8) is 0 Å². The average molecular weight is 383 g/mol. The maximum absolute atomic E-state index is 13.3. The minimum absolute atomic E-state index is 0.177. The topological polar surface area (TPSA) is 67.4 Å². The smallest absolute Gasteiger partial charge is 0.254 e. The van der Waals surface area contributed by atoms with Crippen molar-refractivity contribution in [2.45, 2.75) is 26.1 Å². The van der Waals surface area contributed by atoms with E-state index in [9.17, 15) is 9.18 Å². The van der Waals surface area contributed by atoms with E-state index in [-0.39, 0.29) is 5.91 Å². The minimum Gasteiger partial charge on any atom is -0.468 e. The van der Waals surface area contributed by atoms with Crippen molar-refractivity contribution in [1.29, 1.82) is 0 Å². The van der Waals surface area contributed by atoms with Gasteiger partial charge in [-0.2, -0.15) is 4.39 Å². The standard InChI is InChI=1S/C20H22FN5O2/c1-24(14-17-3-2-10-28-17)13-16-12-23-19-5-7-25(8-9-26(16)19)20(27)15-4-6-22-18(21)11-15/h2-4,6,10-12H,5,7-9,13-14H2,1H3. The van der Waals surface area contributed by atoms with Crippen LogP contribution in [0.5, 0.6) is 0 Å². The average Bonchev–Trinajstić information content (AvgIpc) is 3.26. The lowest BCUT2D eigenvalue weighted by Gasteiger charge is -2.20. The van der Waals surface area contributed by atoms with Crippen molar-refractivity contribution in [3.05, 3.63) is 71.7 Å². The second-order valence-electron chi connectivity index (χ2n) is 6.98. The molecule has 0 N–H and O–H groups in total. The van der Waals surface area contributed by atoms with Gasteiger partial charge in [-0.1, -0.05) is 0 Å². The molecule has 0 unspecified atom stereocenters. The molecule has 4 heterocycles. The first-order valence-electron chi connectivity index (χ1n) is 9.25. The van der Waals surface area contributed by atoms with E-state index in [2.05, 4.69) is 19.4 Å². The Kier molecular flexibility index (Phi) is 5.21. The van der Waals surface area contributed by atoms with E-state index < -0.39 is 5.95 Å². The first-order valence-corrected chi connectivity index (χ1v) is 9.25. The van der Waals surface area contributed by atoms with Crippen LogP contribution in [-0.2, 0) is 26.1 Å². The van der Waals surface area contributed by atoms with Crippen molar-refractivity contribution < 1.29 is 13.6 Å². The Morgan fingerprint density at radius 3 is 2.93 bits per heavy atom. The summed E-state index contributed by atoms with van der Waals surface area (Å²) < 4.78 is 20.9. The van der Waals surface area contributed by atoms with Gasteiger partial charge in [0.1, 0.15) is 11.6 Å². The van der Waals surface area contributed by atoms with Crippen LogP contribution in [0.25, 0.3) is 0 Å². The summed E-state index contributed by atoms with van der Waals surface area (Å²) in [6.45, 7) is 3.23. The predicted molar refractivity (Wildman–Crippen MR) is 99.9 cm³/mol. The zero-order valence-corrected chi connectivity index (χ0v) is 15.7. The molecule has 8 heteroatoms. The summed E-state index contributed by atoms with van der Waals surface area (Å²) in [5.74, 6) is 1.07. The largest absolute Gasteiger partial charge is 0.468 e. The van der Waals surface area contributed by atoms with E-state index in [1.807, 2.05) is 25.4 Å². The molecule has 1 amide bonds. The highest BCUT2D eigenvalue weighted by atomic mass is 19.1. The van der Waals surface area contributed by atoms with Gasteiger partial charge in [-0.3, -0.25) is 9.69 Å². The molecule has 3 aromatic heterocycles. The van der Waals surface area contributed by atoms with Gasteiger partial charge in [0.2, 0.25) is 5.95 Å². The Labute approximate surface area is 162 Å². The van der Waals surface area contributed by atoms with Crippen LogP contribution in [0, 0.1) is 5.95 Å². The summed E-state index contributed by atoms with van der Waals surface area (Å²) in [4.78, 5) is 24.7. The number of pyridine rings is 1. The molecule has 7 nitrogen and oxygen atoms in total. The number of aromatic nitrogens is 3. The van der Waals surface area contributed by atoms with Gasteiger partial charge in [-0.15, -0.1) is 0 Å². The van der Waals surface area contributed by atoms with E-state index in [1.54, 1.807) is 17.2 Å². The summed E-state index contributed by atoms with van der Waals surface area (Å²) in [5, 5.41) is 0. The van der Waals surface area contributed by atoms with Crippen molar-refractivity contribution in [1.82, 2.24) is 24.3 Å². The number of imidazole rings is 1. The molecule has 0 aromatic carbocycles. The summed E-state index contributed by atoms with van der Waals surface area (Å²) in [7, 11) is 2.03. The van der Waals surface area contributed by atoms with Crippen LogP contribution in [0.2, 0.25) is 0 Å². The first-order chi connectivity index (χ1) is 13.6. The fraction of sp³-hybridized carbons (Fsp3) is 0.350. The zero-order chi connectivity index (χ0) is 19.5. The van der Waals surface area contributed by atoms with Crippen molar-refractivity contribution in [3.8, 4) is 0 Å². The van der Waals surface area contributed by atoms with Gasteiger partial charge in [0.15, 0.2) is 0 Å². The monoisotopic (exact) mass is 383 g/mol. The Hall–Kier alpha value is -3.00. The summed E-state index contributed by atoms with van der Waals surface area (Å²) in [6, 6.07) is 6.57. The minimum atomic E-state index is -0.643. The van der Waals surface area contributed by atoms with Crippen LogP contribution in [0.3, 0.4) is 0 Å². The number of hydrogen-bond donors (Lipinski definition) is 0. The fourth-order valence-corrected chi connectivity index (χ4v) is 3.54. The van der Waals surface area contributed by atoms with Crippen molar-refractivity contribution in [2.75, 3.05) is 20.1 Å². The second-order valence-corrected chi connectivity index (χ2v) is 6.98. The number of nitrogens with zero attached hydrogens (tertiary/aromatic N) is 5. The fourth-order valence-electron chi connectivity index (χ4n) is 3.54. The lowest BCUT2D eigenvalue weighted by atomic mass is 10.2. The first kappa shape index (κ1) is 18.4. The molecule has 0 saturated heterocycles. The van der Waals surface area contributed by atoms with Gasteiger partial charge in [0, 0.05) is 56.6 Å².